The molecule has 1 atom stereocenters. The van der Waals surface area contributed by atoms with Crippen LogP contribution in [-0.2, 0) is 0 Å². The molecule has 3 rings (SSSR count). The molecule has 2 aromatic heterocycles. The molecule has 1 saturated heterocycles. The molecule has 0 bridgehead atoms. The molecule has 0 aromatic carbocycles. The predicted octanol–water partition coefficient (Wildman–Crippen LogP) is 2.85. The smallest absolute Gasteiger partial charge is 0.268 e. The summed E-state index contributed by atoms with van der Waals surface area (Å²) >= 11 is 1.69. The molecule has 1 aliphatic heterocycles. The summed E-state index contributed by atoms with van der Waals surface area (Å²) in [7, 11) is 0. The number of aromatic nitrogens is 2. The maximum Gasteiger partial charge on any atom is 0.268 e. The molecule has 0 aliphatic carbocycles. The third kappa shape index (κ3) is 3.33. The van der Waals surface area contributed by atoms with E-state index in [1.54, 1.807) is 11.3 Å². The third-order valence-corrected chi connectivity index (χ3v) is 4.83. The lowest BCUT2D eigenvalue weighted by Crippen LogP contribution is -2.45. The van der Waals surface area contributed by atoms with Crippen molar-refractivity contribution < 1.29 is 4.52 Å². The van der Waals surface area contributed by atoms with Gasteiger partial charge in [0.1, 0.15) is 0 Å². The van der Waals surface area contributed by atoms with Crippen LogP contribution in [0.2, 0.25) is 0 Å². The highest BCUT2D eigenvalue weighted by atomic mass is 32.1. The highest BCUT2D eigenvalue weighted by Gasteiger charge is 2.26. The van der Waals surface area contributed by atoms with Gasteiger partial charge in [0.15, 0.2) is 5.82 Å². The first kappa shape index (κ1) is 14.7. The summed E-state index contributed by atoms with van der Waals surface area (Å²) in [6.07, 6.45) is 2.19. The Hall–Kier alpha value is -1.24. The molecule has 0 spiro atoms. The largest absolute Gasteiger partial charge is 0.333 e. The van der Waals surface area contributed by atoms with Crippen molar-refractivity contribution in [2.45, 2.75) is 32.7 Å². The molecule has 1 fully saturated rings. The standard InChI is InChI=1S/C15H22N4OS/c1-3-4-12(19-9-7-16-8-10-19)14-17-15(20-18-14)13-6-5-11(2)21-13/h5-6,12,16H,3-4,7-10H2,1-2H3. The van der Waals surface area contributed by atoms with Crippen LogP contribution in [0.25, 0.3) is 10.8 Å². The molecule has 5 nitrogen and oxygen atoms in total. The van der Waals surface area contributed by atoms with Gasteiger partial charge in [-0.3, -0.25) is 4.90 Å². The quantitative estimate of drug-likeness (QED) is 0.920. The second-order valence-electron chi connectivity index (χ2n) is 5.46. The first-order chi connectivity index (χ1) is 10.3. The van der Waals surface area contributed by atoms with Crippen LogP contribution in [0, 0.1) is 6.92 Å². The van der Waals surface area contributed by atoms with Gasteiger partial charge < -0.3 is 9.84 Å². The normalized spacial score (nSPS) is 18.0. The van der Waals surface area contributed by atoms with Gasteiger partial charge in [-0.15, -0.1) is 11.3 Å². The number of hydrogen-bond acceptors (Lipinski definition) is 6. The van der Waals surface area contributed by atoms with Crippen LogP contribution in [-0.4, -0.2) is 41.2 Å². The van der Waals surface area contributed by atoms with Crippen molar-refractivity contribution in [2.75, 3.05) is 26.2 Å². The van der Waals surface area contributed by atoms with Crippen LogP contribution < -0.4 is 5.32 Å². The SMILES string of the molecule is CCCC(c1noc(-c2ccc(C)s2)n1)N1CCNCC1. The zero-order valence-electron chi connectivity index (χ0n) is 12.6. The fourth-order valence-corrected chi connectivity index (χ4v) is 3.55. The van der Waals surface area contributed by atoms with Crippen LogP contribution in [0.15, 0.2) is 16.7 Å². The van der Waals surface area contributed by atoms with Crippen molar-refractivity contribution in [1.82, 2.24) is 20.4 Å². The second-order valence-corrected chi connectivity index (χ2v) is 6.75. The maximum absolute atomic E-state index is 5.49. The summed E-state index contributed by atoms with van der Waals surface area (Å²) in [5.41, 5.74) is 0. The van der Waals surface area contributed by atoms with Gasteiger partial charge in [-0.05, 0) is 25.5 Å². The molecule has 3 heterocycles. The monoisotopic (exact) mass is 306 g/mol. The molecule has 6 heteroatoms. The van der Waals surface area contributed by atoms with E-state index in [1.165, 1.54) is 4.88 Å². The van der Waals surface area contributed by atoms with Crippen molar-refractivity contribution in [3.8, 4) is 10.8 Å². The highest BCUT2D eigenvalue weighted by Crippen LogP contribution is 2.29. The second kappa shape index (κ2) is 6.68. The van der Waals surface area contributed by atoms with E-state index in [4.69, 9.17) is 4.52 Å². The summed E-state index contributed by atoms with van der Waals surface area (Å²) in [4.78, 5) is 9.44. The molecule has 0 amide bonds. The molecule has 2 aromatic rings. The minimum Gasteiger partial charge on any atom is -0.333 e. The van der Waals surface area contributed by atoms with Gasteiger partial charge in [0.2, 0.25) is 0 Å². The van der Waals surface area contributed by atoms with Crippen molar-refractivity contribution in [1.29, 1.82) is 0 Å². The minimum atomic E-state index is 0.274. The average Bonchev–Trinajstić information content (AvgIpc) is 3.14. The zero-order valence-corrected chi connectivity index (χ0v) is 13.4. The Balaban J connectivity index is 1.81. The molecule has 114 valence electrons. The molecular formula is C15H22N4OS. The minimum absolute atomic E-state index is 0.274. The van der Waals surface area contributed by atoms with E-state index in [-0.39, 0.29) is 6.04 Å². The average molecular weight is 306 g/mol. The Labute approximate surface area is 129 Å². The third-order valence-electron chi connectivity index (χ3n) is 3.85. The fraction of sp³-hybridized carbons (Fsp3) is 0.600. The van der Waals surface area contributed by atoms with Gasteiger partial charge in [-0.2, -0.15) is 4.98 Å². The summed E-state index contributed by atoms with van der Waals surface area (Å²) in [6.45, 7) is 8.47. The van der Waals surface area contributed by atoms with Gasteiger partial charge in [0, 0.05) is 31.1 Å². The first-order valence-electron chi connectivity index (χ1n) is 7.63. The fourth-order valence-electron chi connectivity index (χ4n) is 2.76. The molecule has 1 aliphatic rings. The van der Waals surface area contributed by atoms with E-state index < -0.39 is 0 Å². The Morgan fingerprint density at radius 3 is 2.86 bits per heavy atom. The summed E-state index contributed by atoms with van der Waals surface area (Å²) in [5, 5.41) is 7.65. The van der Waals surface area contributed by atoms with Gasteiger partial charge in [0.05, 0.1) is 10.9 Å². The van der Waals surface area contributed by atoms with E-state index in [0.717, 1.165) is 49.7 Å². The van der Waals surface area contributed by atoms with Crippen molar-refractivity contribution in [3.05, 3.63) is 22.8 Å². The zero-order chi connectivity index (χ0) is 14.7. The van der Waals surface area contributed by atoms with Crippen molar-refractivity contribution in [3.63, 3.8) is 0 Å². The molecule has 1 unspecified atom stereocenters. The highest BCUT2D eigenvalue weighted by molar-refractivity contribution is 7.15. The van der Waals surface area contributed by atoms with E-state index in [9.17, 15) is 0 Å². The van der Waals surface area contributed by atoms with E-state index in [2.05, 4.69) is 46.3 Å². The summed E-state index contributed by atoms with van der Waals surface area (Å²) in [5.74, 6) is 1.49. The Morgan fingerprint density at radius 2 is 2.19 bits per heavy atom. The number of nitrogens with one attached hydrogen (secondary N) is 1. The van der Waals surface area contributed by atoms with Gasteiger partial charge in [0.25, 0.3) is 5.89 Å². The number of nitrogens with zero attached hydrogens (tertiary/aromatic N) is 3. The Bertz CT molecular complexity index is 574. The van der Waals surface area contributed by atoms with Crippen molar-refractivity contribution in [2.24, 2.45) is 0 Å². The molecule has 0 radical (unpaired) electrons. The lowest BCUT2D eigenvalue weighted by atomic mass is 10.1. The van der Waals surface area contributed by atoms with E-state index >= 15 is 0 Å². The van der Waals surface area contributed by atoms with E-state index in [1.807, 2.05) is 0 Å². The number of aryl methyl sites for hydroxylation is 1. The maximum atomic E-state index is 5.49. The van der Waals surface area contributed by atoms with Crippen LogP contribution >= 0.6 is 11.3 Å². The Morgan fingerprint density at radius 1 is 1.38 bits per heavy atom. The van der Waals surface area contributed by atoms with Crippen molar-refractivity contribution >= 4 is 11.3 Å². The van der Waals surface area contributed by atoms with Gasteiger partial charge >= 0.3 is 0 Å². The van der Waals surface area contributed by atoms with Crippen LogP contribution in [0.3, 0.4) is 0 Å². The van der Waals surface area contributed by atoms with E-state index in [0.29, 0.717) is 5.89 Å². The summed E-state index contributed by atoms with van der Waals surface area (Å²) < 4.78 is 5.49. The number of rotatable bonds is 5. The molecular weight excluding hydrogens is 284 g/mol. The first-order valence-corrected chi connectivity index (χ1v) is 8.44. The van der Waals surface area contributed by atoms with Crippen LogP contribution in [0.5, 0.6) is 0 Å². The molecule has 0 saturated carbocycles. The topological polar surface area (TPSA) is 54.2 Å². The molecule has 21 heavy (non-hydrogen) atoms. The van der Waals surface area contributed by atoms with Crippen LogP contribution in [0.4, 0.5) is 0 Å². The number of thiophene rings is 1. The predicted molar refractivity (Wildman–Crippen MR) is 84.4 cm³/mol. The molecule has 1 N–H and O–H groups in total. The number of hydrogen-bond donors (Lipinski definition) is 1. The lowest BCUT2D eigenvalue weighted by Gasteiger charge is -2.33. The lowest BCUT2D eigenvalue weighted by molar-refractivity contribution is 0.155. The number of piperazine rings is 1. The van der Waals surface area contributed by atoms with Gasteiger partial charge in [-0.25, -0.2) is 0 Å². The Kier molecular flexibility index (Phi) is 4.67. The van der Waals surface area contributed by atoms with Gasteiger partial charge in [-0.1, -0.05) is 18.5 Å². The summed E-state index contributed by atoms with van der Waals surface area (Å²) in [6, 6.07) is 4.41. The van der Waals surface area contributed by atoms with Crippen LogP contribution in [0.1, 0.15) is 36.5 Å².